The van der Waals surface area contributed by atoms with Gasteiger partial charge in [-0.2, -0.15) is 0 Å². The minimum Gasteiger partial charge on any atom is -0.348 e. The number of benzene rings is 2. The highest BCUT2D eigenvalue weighted by Crippen LogP contribution is 2.34. The fourth-order valence-electron chi connectivity index (χ4n) is 4.41. The van der Waals surface area contributed by atoms with Gasteiger partial charge in [0.25, 0.3) is 5.91 Å². The number of amides is 1. The third-order valence-corrected chi connectivity index (χ3v) is 5.81. The predicted molar refractivity (Wildman–Crippen MR) is 104 cm³/mol. The third-order valence-electron chi connectivity index (χ3n) is 5.81. The molecule has 3 heterocycles. The molecule has 2 aromatic carbocycles. The van der Waals surface area contributed by atoms with Crippen LogP contribution < -0.4 is 5.32 Å². The van der Waals surface area contributed by atoms with Crippen LogP contribution in [-0.2, 0) is 13.1 Å². The van der Waals surface area contributed by atoms with E-state index in [1.807, 2.05) is 12.1 Å². The Labute approximate surface area is 153 Å². The van der Waals surface area contributed by atoms with E-state index in [0.717, 1.165) is 24.2 Å². The summed E-state index contributed by atoms with van der Waals surface area (Å²) in [5.74, 6) is 0.0391. The lowest BCUT2D eigenvalue weighted by atomic mass is 9.95. The quantitative estimate of drug-likeness (QED) is 0.784. The van der Waals surface area contributed by atoms with Gasteiger partial charge < -0.3 is 14.8 Å². The molecule has 2 aliphatic rings. The Morgan fingerprint density at radius 1 is 0.885 bits per heavy atom. The molecule has 4 nitrogen and oxygen atoms in total. The van der Waals surface area contributed by atoms with Crippen LogP contribution in [-0.4, -0.2) is 35.0 Å². The number of likely N-dealkylation sites (tertiary alicyclic amines) is 1. The molecule has 26 heavy (non-hydrogen) atoms. The van der Waals surface area contributed by atoms with Gasteiger partial charge in [-0.15, -0.1) is 0 Å². The molecule has 4 heteroatoms. The fraction of sp³-hybridized carbons (Fsp3) is 0.318. The van der Waals surface area contributed by atoms with E-state index in [4.69, 9.17) is 0 Å². The molecule has 1 N–H and O–H groups in total. The average molecular weight is 345 g/mol. The van der Waals surface area contributed by atoms with Gasteiger partial charge in [0.2, 0.25) is 0 Å². The van der Waals surface area contributed by atoms with E-state index in [-0.39, 0.29) is 5.91 Å². The highest BCUT2D eigenvalue weighted by Gasteiger charge is 2.22. The number of hydrogen-bond acceptors (Lipinski definition) is 2. The maximum Gasteiger partial charge on any atom is 0.251 e. The van der Waals surface area contributed by atoms with Gasteiger partial charge in [0, 0.05) is 42.3 Å². The summed E-state index contributed by atoms with van der Waals surface area (Å²) in [4.78, 5) is 14.6. The Hall–Kier alpha value is -2.59. The van der Waals surface area contributed by atoms with Crippen molar-refractivity contribution in [2.24, 2.45) is 0 Å². The van der Waals surface area contributed by atoms with Crippen molar-refractivity contribution in [1.29, 1.82) is 0 Å². The summed E-state index contributed by atoms with van der Waals surface area (Å²) in [6, 6.07) is 14.8. The zero-order chi connectivity index (χ0) is 17.5. The second-order valence-electron chi connectivity index (χ2n) is 7.31. The average Bonchev–Trinajstić information content (AvgIpc) is 3.40. The van der Waals surface area contributed by atoms with Crippen LogP contribution in [0.2, 0.25) is 0 Å². The van der Waals surface area contributed by atoms with E-state index < -0.39 is 0 Å². The van der Waals surface area contributed by atoms with Crippen LogP contribution in [0.4, 0.5) is 0 Å². The van der Waals surface area contributed by atoms with Gasteiger partial charge in [0.15, 0.2) is 0 Å². The van der Waals surface area contributed by atoms with Gasteiger partial charge in [-0.3, -0.25) is 4.79 Å². The molecule has 0 spiro atoms. The summed E-state index contributed by atoms with van der Waals surface area (Å²) in [5, 5.41) is 4.22. The molecular formula is C22H23N3O. The monoisotopic (exact) mass is 345 g/mol. The van der Waals surface area contributed by atoms with E-state index in [0.29, 0.717) is 6.54 Å². The summed E-state index contributed by atoms with van der Waals surface area (Å²) in [5.41, 5.74) is 5.60. The number of nitrogens with one attached hydrogen (secondary N) is 1. The maximum absolute atomic E-state index is 12.0. The molecule has 0 bridgehead atoms. The molecule has 1 saturated heterocycles. The van der Waals surface area contributed by atoms with Crippen molar-refractivity contribution < 1.29 is 4.79 Å². The van der Waals surface area contributed by atoms with Crippen molar-refractivity contribution in [2.45, 2.75) is 25.9 Å². The minimum absolute atomic E-state index is 0.0391. The second kappa shape index (κ2) is 6.29. The Balaban J connectivity index is 1.53. The van der Waals surface area contributed by atoms with Crippen molar-refractivity contribution in [3.63, 3.8) is 0 Å². The van der Waals surface area contributed by atoms with Gasteiger partial charge in [0.1, 0.15) is 0 Å². The zero-order valence-corrected chi connectivity index (χ0v) is 14.9. The van der Waals surface area contributed by atoms with Gasteiger partial charge in [-0.05, 0) is 60.8 Å². The number of aromatic nitrogens is 1. The van der Waals surface area contributed by atoms with Crippen molar-refractivity contribution >= 4 is 16.8 Å². The third kappa shape index (κ3) is 2.53. The molecule has 2 aliphatic heterocycles. The first kappa shape index (κ1) is 15.6. The van der Waals surface area contributed by atoms with Crippen LogP contribution >= 0.6 is 0 Å². The molecular weight excluding hydrogens is 322 g/mol. The van der Waals surface area contributed by atoms with Gasteiger partial charge in [-0.1, -0.05) is 24.3 Å². The summed E-state index contributed by atoms with van der Waals surface area (Å²) in [6.45, 7) is 5.24. The normalized spacial score (nSPS) is 17.0. The van der Waals surface area contributed by atoms with Crippen LogP contribution in [0.5, 0.6) is 0 Å². The Bertz CT molecular complexity index is 982. The summed E-state index contributed by atoms with van der Waals surface area (Å²) in [6.07, 6.45) is 4.88. The van der Waals surface area contributed by atoms with Crippen molar-refractivity contribution in [3.05, 3.63) is 59.8 Å². The van der Waals surface area contributed by atoms with Crippen LogP contribution in [0.3, 0.4) is 0 Å². The first-order valence-electron chi connectivity index (χ1n) is 9.52. The molecule has 0 radical (unpaired) electrons. The molecule has 0 atom stereocenters. The zero-order valence-electron chi connectivity index (χ0n) is 14.9. The van der Waals surface area contributed by atoms with E-state index >= 15 is 0 Å². The summed E-state index contributed by atoms with van der Waals surface area (Å²) >= 11 is 0. The molecule has 3 aromatic rings. The van der Waals surface area contributed by atoms with Crippen LogP contribution in [0, 0.1) is 0 Å². The van der Waals surface area contributed by atoms with E-state index in [1.54, 1.807) is 0 Å². The number of carbonyl (C=O) groups excluding carboxylic acids is 1. The lowest BCUT2D eigenvalue weighted by Gasteiger charge is -2.15. The second-order valence-corrected chi connectivity index (χ2v) is 7.31. The number of rotatable bonds is 4. The highest BCUT2D eigenvalue weighted by molar-refractivity contribution is 6.03. The topological polar surface area (TPSA) is 37.3 Å². The van der Waals surface area contributed by atoms with Crippen molar-refractivity contribution in [1.82, 2.24) is 14.8 Å². The van der Waals surface area contributed by atoms with E-state index in [9.17, 15) is 4.79 Å². The first-order valence-corrected chi connectivity index (χ1v) is 9.52. The van der Waals surface area contributed by atoms with Crippen molar-refractivity contribution in [3.8, 4) is 11.1 Å². The van der Waals surface area contributed by atoms with Crippen LogP contribution in [0.1, 0.15) is 28.8 Å². The Morgan fingerprint density at radius 2 is 1.65 bits per heavy atom. The summed E-state index contributed by atoms with van der Waals surface area (Å²) < 4.78 is 2.36. The number of nitrogens with zero attached hydrogens (tertiary/aromatic N) is 2. The molecule has 132 valence electrons. The smallest absolute Gasteiger partial charge is 0.251 e. The number of fused-ring (bicyclic) bond motifs is 2. The Kier molecular flexibility index (Phi) is 3.79. The molecule has 1 aromatic heterocycles. The molecule has 1 fully saturated rings. The van der Waals surface area contributed by atoms with Gasteiger partial charge >= 0.3 is 0 Å². The largest absolute Gasteiger partial charge is 0.348 e. The minimum atomic E-state index is 0.0391. The van der Waals surface area contributed by atoms with Gasteiger partial charge in [0.05, 0.1) is 0 Å². The molecule has 0 unspecified atom stereocenters. The lowest BCUT2D eigenvalue weighted by molar-refractivity contribution is 0.0966. The van der Waals surface area contributed by atoms with Gasteiger partial charge in [-0.25, -0.2) is 0 Å². The Morgan fingerprint density at radius 3 is 2.54 bits per heavy atom. The molecule has 1 amide bonds. The first-order chi connectivity index (χ1) is 12.8. The molecule has 0 aliphatic carbocycles. The predicted octanol–water partition coefficient (Wildman–Crippen LogP) is 3.65. The molecule has 5 rings (SSSR count). The van der Waals surface area contributed by atoms with Crippen LogP contribution in [0.25, 0.3) is 22.0 Å². The fourth-order valence-corrected chi connectivity index (χ4v) is 4.41. The molecule has 0 saturated carbocycles. The lowest BCUT2D eigenvalue weighted by Crippen LogP contribution is -2.23. The maximum atomic E-state index is 12.0. The van der Waals surface area contributed by atoms with E-state index in [2.05, 4.69) is 51.3 Å². The van der Waals surface area contributed by atoms with Crippen molar-refractivity contribution in [2.75, 3.05) is 19.6 Å². The number of hydrogen-bond donors (Lipinski definition) is 1. The number of carbonyl (C=O) groups is 1. The SMILES string of the molecule is O=C1NCc2c1cccc2-c1cccc2c1ccn2CCN1CCCC1. The standard InChI is InChI=1S/C22H23N3O/c26-22-19-7-3-5-17(20(19)15-23-22)16-6-4-8-21-18(16)9-12-25(21)14-13-24-10-1-2-11-24/h3-9,12H,1-2,10-11,13-15H2,(H,23,26). The van der Waals surface area contributed by atoms with Crippen LogP contribution in [0.15, 0.2) is 48.7 Å². The van der Waals surface area contributed by atoms with E-state index in [1.165, 1.54) is 48.0 Å². The summed E-state index contributed by atoms with van der Waals surface area (Å²) in [7, 11) is 0. The highest BCUT2D eigenvalue weighted by atomic mass is 16.1.